The van der Waals surface area contributed by atoms with Gasteiger partial charge in [-0.3, -0.25) is 0 Å². The van der Waals surface area contributed by atoms with E-state index >= 15 is 0 Å². The Balaban J connectivity index is 1.91. The molecule has 1 heterocycles. The van der Waals surface area contributed by atoms with Crippen molar-refractivity contribution in [2.75, 3.05) is 32.8 Å². The topological polar surface area (TPSA) is 24.5 Å². The van der Waals surface area contributed by atoms with Gasteiger partial charge in [-0.15, -0.1) is 0 Å². The summed E-state index contributed by atoms with van der Waals surface area (Å²) in [6.45, 7) is 12.1. The van der Waals surface area contributed by atoms with Crippen molar-refractivity contribution in [3.05, 3.63) is 0 Å². The summed E-state index contributed by atoms with van der Waals surface area (Å²) < 4.78 is 5.80. The zero-order chi connectivity index (χ0) is 11.8. The van der Waals surface area contributed by atoms with Crippen molar-refractivity contribution in [1.29, 1.82) is 0 Å². The van der Waals surface area contributed by atoms with Gasteiger partial charge in [-0.2, -0.15) is 0 Å². The van der Waals surface area contributed by atoms with E-state index in [2.05, 4.69) is 31.0 Å². The van der Waals surface area contributed by atoms with Crippen LogP contribution >= 0.6 is 0 Å². The molecule has 0 saturated carbocycles. The van der Waals surface area contributed by atoms with Crippen molar-refractivity contribution in [2.45, 2.75) is 52.2 Å². The summed E-state index contributed by atoms with van der Waals surface area (Å²) in [7, 11) is 0. The SMILES string of the molecule is CC(C)NCCC(C)OCCN1CCCC1. The van der Waals surface area contributed by atoms with Gasteiger partial charge in [0.05, 0.1) is 12.7 Å². The molecule has 0 radical (unpaired) electrons. The van der Waals surface area contributed by atoms with Gasteiger partial charge in [-0.05, 0) is 45.8 Å². The molecule has 0 aromatic heterocycles. The Morgan fingerprint density at radius 3 is 2.50 bits per heavy atom. The van der Waals surface area contributed by atoms with Crippen LogP contribution in [0.3, 0.4) is 0 Å². The summed E-state index contributed by atoms with van der Waals surface area (Å²) in [6, 6.07) is 0.580. The van der Waals surface area contributed by atoms with E-state index in [1.165, 1.54) is 25.9 Å². The third kappa shape index (κ3) is 6.46. The fourth-order valence-corrected chi connectivity index (χ4v) is 2.05. The quantitative estimate of drug-likeness (QED) is 0.686. The largest absolute Gasteiger partial charge is 0.377 e. The number of hydrogen-bond donors (Lipinski definition) is 1. The first-order chi connectivity index (χ1) is 7.68. The average Bonchev–Trinajstić information content (AvgIpc) is 2.70. The first kappa shape index (κ1) is 13.9. The summed E-state index contributed by atoms with van der Waals surface area (Å²) in [4.78, 5) is 2.50. The highest BCUT2D eigenvalue weighted by Gasteiger charge is 2.11. The van der Waals surface area contributed by atoms with Gasteiger partial charge in [-0.1, -0.05) is 13.8 Å². The number of likely N-dealkylation sites (tertiary alicyclic amines) is 1. The maximum Gasteiger partial charge on any atom is 0.0597 e. The monoisotopic (exact) mass is 228 g/mol. The number of nitrogens with one attached hydrogen (secondary N) is 1. The van der Waals surface area contributed by atoms with E-state index in [4.69, 9.17) is 4.74 Å². The molecule has 1 rings (SSSR count). The molecule has 0 bridgehead atoms. The number of hydrogen-bond acceptors (Lipinski definition) is 3. The molecule has 1 N–H and O–H groups in total. The zero-order valence-electron chi connectivity index (χ0n) is 11.2. The van der Waals surface area contributed by atoms with Crippen LogP contribution in [0.2, 0.25) is 0 Å². The predicted molar refractivity (Wildman–Crippen MR) is 68.8 cm³/mol. The van der Waals surface area contributed by atoms with E-state index in [1.54, 1.807) is 0 Å². The van der Waals surface area contributed by atoms with E-state index in [9.17, 15) is 0 Å². The minimum atomic E-state index is 0.383. The Bertz CT molecular complexity index is 167. The van der Waals surface area contributed by atoms with E-state index in [0.29, 0.717) is 12.1 Å². The second-order valence-electron chi connectivity index (χ2n) is 5.13. The van der Waals surface area contributed by atoms with Crippen LogP contribution in [0.15, 0.2) is 0 Å². The molecule has 3 nitrogen and oxygen atoms in total. The Hall–Kier alpha value is -0.120. The molecule has 1 unspecified atom stereocenters. The van der Waals surface area contributed by atoms with Crippen LogP contribution in [0.4, 0.5) is 0 Å². The lowest BCUT2D eigenvalue weighted by molar-refractivity contribution is 0.0472. The van der Waals surface area contributed by atoms with Crippen molar-refractivity contribution < 1.29 is 4.74 Å². The zero-order valence-corrected chi connectivity index (χ0v) is 11.2. The molecule has 1 atom stereocenters. The fourth-order valence-electron chi connectivity index (χ4n) is 2.05. The van der Waals surface area contributed by atoms with E-state index in [-0.39, 0.29) is 0 Å². The van der Waals surface area contributed by atoms with Crippen LogP contribution in [0.25, 0.3) is 0 Å². The lowest BCUT2D eigenvalue weighted by Crippen LogP contribution is -2.29. The predicted octanol–water partition coefficient (Wildman–Crippen LogP) is 1.88. The van der Waals surface area contributed by atoms with Crippen LogP contribution in [0.5, 0.6) is 0 Å². The van der Waals surface area contributed by atoms with Crippen LogP contribution in [-0.4, -0.2) is 49.8 Å². The van der Waals surface area contributed by atoms with Crippen LogP contribution in [0, 0.1) is 0 Å². The molecule has 1 fully saturated rings. The van der Waals surface area contributed by atoms with Crippen molar-refractivity contribution in [2.24, 2.45) is 0 Å². The molecular formula is C13H28N2O. The standard InChI is InChI=1S/C13H28N2O/c1-12(2)14-7-6-13(3)16-11-10-15-8-4-5-9-15/h12-14H,4-11H2,1-3H3. The molecule has 0 aromatic carbocycles. The smallest absolute Gasteiger partial charge is 0.0597 e. The Morgan fingerprint density at radius 2 is 1.88 bits per heavy atom. The van der Waals surface area contributed by atoms with Gasteiger partial charge in [0, 0.05) is 12.6 Å². The van der Waals surface area contributed by atoms with Crippen LogP contribution in [-0.2, 0) is 4.74 Å². The van der Waals surface area contributed by atoms with Crippen molar-refractivity contribution >= 4 is 0 Å². The Labute approximate surface area is 101 Å². The van der Waals surface area contributed by atoms with Gasteiger partial charge < -0.3 is 15.0 Å². The van der Waals surface area contributed by atoms with Crippen molar-refractivity contribution in [1.82, 2.24) is 10.2 Å². The summed E-state index contributed by atoms with van der Waals surface area (Å²) in [5.41, 5.74) is 0. The minimum Gasteiger partial charge on any atom is -0.377 e. The van der Waals surface area contributed by atoms with E-state index in [1.807, 2.05) is 0 Å². The molecule has 1 aliphatic rings. The third-order valence-corrected chi connectivity index (χ3v) is 3.11. The summed E-state index contributed by atoms with van der Waals surface area (Å²) in [5, 5.41) is 3.42. The molecule has 0 amide bonds. The minimum absolute atomic E-state index is 0.383. The molecular weight excluding hydrogens is 200 g/mol. The van der Waals surface area contributed by atoms with Crippen molar-refractivity contribution in [3.8, 4) is 0 Å². The Morgan fingerprint density at radius 1 is 1.19 bits per heavy atom. The first-order valence-electron chi connectivity index (χ1n) is 6.76. The number of ether oxygens (including phenoxy) is 1. The third-order valence-electron chi connectivity index (χ3n) is 3.11. The second kappa shape index (κ2) is 8.04. The molecule has 1 saturated heterocycles. The lowest BCUT2D eigenvalue weighted by Gasteiger charge is -2.18. The summed E-state index contributed by atoms with van der Waals surface area (Å²) >= 11 is 0. The van der Waals surface area contributed by atoms with Crippen LogP contribution in [0.1, 0.15) is 40.0 Å². The molecule has 16 heavy (non-hydrogen) atoms. The molecule has 0 aliphatic carbocycles. The molecule has 1 aliphatic heterocycles. The van der Waals surface area contributed by atoms with Gasteiger partial charge in [0.2, 0.25) is 0 Å². The number of nitrogens with zero attached hydrogens (tertiary/aromatic N) is 1. The van der Waals surface area contributed by atoms with Crippen LogP contribution < -0.4 is 5.32 Å². The van der Waals surface area contributed by atoms with Gasteiger partial charge in [-0.25, -0.2) is 0 Å². The summed E-state index contributed by atoms with van der Waals surface area (Å²) in [5.74, 6) is 0. The second-order valence-corrected chi connectivity index (χ2v) is 5.13. The van der Waals surface area contributed by atoms with E-state index in [0.717, 1.165) is 26.1 Å². The highest BCUT2D eigenvalue weighted by Crippen LogP contribution is 2.06. The average molecular weight is 228 g/mol. The maximum atomic E-state index is 5.80. The fraction of sp³-hybridized carbons (Fsp3) is 1.00. The first-order valence-corrected chi connectivity index (χ1v) is 6.76. The van der Waals surface area contributed by atoms with Gasteiger partial charge >= 0.3 is 0 Å². The maximum absolute atomic E-state index is 5.80. The molecule has 0 spiro atoms. The van der Waals surface area contributed by atoms with Crippen molar-refractivity contribution in [3.63, 3.8) is 0 Å². The highest BCUT2D eigenvalue weighted by molar-refractivity contribution is 4.65. The molecule has 0 aromatic rings. The summed E-state index contributed by atoms with van der Waals surface area (Å²) in [6.07, 6.45) is 4.23. The molecule has 3 heteroatoms. The highest BCUT2D eigenvalue weighted by atomic mass is 16.5. The lowest BCUT2D eigenvalue weighted by atomic mass is 10.2. The van der Waals surface area contributed by atoms with Gasteiger partial charge in [0.25, 0.3) is 0 Å². The normalized spacial score (nSPS) is 19.5. The molecule has 96 valence electrons. The van der Waals surface area contributed by atoms with Gasteiger partial charge in [0.15, 0.2) is 0 Å². The van der Waals surface area contributed by atoms with E-state index < -0.39 is 0 Å². The Kier molecular flexibility index (Phi) is 7.01. The number of rotatable bonds is 8. The van der Waals surface area contributed by atoms with Gasteiger partial charge in [0.1, 0.15) is 0 Å².